The summed E-state index contributed by atoms with van der Waals surface area (Å²) in [5.74, 6) is -0.907. The standard InChI is InChI=1S/C11H18N2O3S/c1-3-8-10(11(15)16)17-9(12-8)7-13(4-2)5-6-14/h14H,3-7H2,1-2H3,(H,15,16). The summed E-state index contributed by atoms with van der Waals surface area (Å²) < 4.78 is 0. The smallest absolute Gasteiger partial charge is 0.347 e. The van der Waals surface area contributed by atoms with E-state index in [4.69, 9.17) is 10.2 Å². The Morgan fingerprint density at radius 2 is 2.18 bits per heavy atom. The van der Waals surface area contributed by atoms with Crippen LogP contribution in [0.15, 0.2) is 0 Å². The largest absolute Gasteiger partial charge is 0.477 e. The quantitative estimate of drug-likeness (QED) is 0.769. The van der Waals surface area contributed by atoms with E-state index >= 15 is 0 Å². The second-order valence-electron chi connectivity index (χ2n) is 3.63. The number of aromatic nitrogens is 1. The fourth-order valence-corrected chi connectivity index (χ4v) is 2.59. The van der Waals surface area contributed by atoms with Crippen LogP contribution >= 0.6 is 11.3 Å². The lowest BCUT2D eigenvalue weighted by atomic mass is 10.3. The number of aryl methyl sites for hydroxylation is 1. The summed E-state index contributed by atoms with van der Waals surface area (Å²) in [6.07, 6.45) is 0.629. The van der Waals surface area contributed by atoms with Crippen LogP contribution in [-0.2, 0) is 13.0 Å². The molecule has 0 aliphatic rings. The van der Waals surface area contributed by atoms with E-state index in [1.807, 2.05) is 18.7 Å². The number of aromatic carboxylic acids is 1. The van der Waals surface area contributed by atoms with Gasteiger partial charge in [-0.25, -0.2) is 9.78 Å². The van der Waals surface area contributed by atoms with Crippen LogP contribution < -0.4 is 0 Å². The summed E-state index contributed by atoms with van der Waals surface area (Å²) in [4.78, 5) is 17.7. The molecule has 0 aliphatic heterocycles. The fourth-order valence-electron chi connectivity index (χ4n) is 1.56. The molecule has 0 atom stereocenters. The lowest BCUT2D eigenvalue weighted by Crippen LogP contribution is -2.25. The average Bonchev–Trinajstić information content (AvgIpc) is 2.71. The molecule has 0 aromatic carbocycles. The number of likely N-dealkylation sites (N-methyl/N-ethyl adjacent to an activating group) is 1. The van der Waals surface area contributed by atoms with Gasteiger partial charge in [-0.2, -0.15) is 0 Å². The lowest BCUT2D eigenvalue weighted by molar-refractivity contribution is 0.0701. The minimum atomic E-state index is -0.907. The zero-order chi connectivity index (χ0) is 12.8. The van der Waals surface area contributed by atoms with Crippen molar-refractivity contribution in [1.29, 1.82) is 0 Å². The lowest BCUT2D eigenvalue weighted by Gasteiger charge is -2.16. The Hall–Kier alpha value is -0.980. The Bertz CT molecular complexity index is 379. The molecule has 0 saturated heterocycles. The minimum Gasteiger partial charge on any atom is -0.477 e. The molecule has 0 amide bonds. The van der Waals surface area contributed by atoms with Gasteiger partial charge in [-0.1, -0.05) is 13.8 Å². The number of thiazole rings is 1. The Morgan fingerprint density at radius 1 is 1.47 bits per heavy atom. The molecule has 1 rings (SSSR count). The van der Waals surface area contributed by atoms with E-state index in [0.717, 1.165) is 11.6 Å². The van der Waals surface area contributed by atoms with Crippen LogP contribution in [0.2, 0.25) is 0 Å². The number of rotatable bonds is 7. The first-order chi connectivity index (χ1) is 8.12. The second-order valence-corrected chi connectivity index (χ2v) is 4.72. The van der Waals surface area contributed by atoms with E-state index < -0.39 is 5.97 Å². The monoisotopic (exact) mass is 258 g/mol. The van der Waals surface area contributed by atoms with Gasteiger partial charge < -0.3 is 10.2 Å². The fraction of sp³-hybridized carbons (Fsp3) is 0.636. The van der Waals surface area contributed by atoms with Gasteiger partial charge in [0.25, 0.3) is 0 Å². The van der Waals surface area contributed by atoms with Gasteiger partial charge in [0.05, 0.1) is 18.8 Å². The van der Waals surface area contributed by atoms with Gasteiger partial charge in [0.1, 0.15) is 9.88 Å². The van der Waals surface area contributed by atoms with E-state index in [9.17, 15) is 4.79 Å². The molecule has 0 bridgehead atoms. The van der Waals surface area contributed by atoms with Gasteiger partial charge in [-0.15, -0.1) is 11.3 Å². The van der Waals surface area contributed by atoms with Crippen LogP contribution in [0.3, 0.4) is 0 Å². The maximum atomic E-state index is 11.0. The molecular weight excluding hydrogens is 240 g/mol. The Morgan fingerprint density at radius 3 is 2.59 bits per heavy atom. The van der Waals surface area contributed by atoms with Gasteiger partial charge >= 0.3 is 5.97 Å². The maximum Gasteiger partial charge on any atom is 0.347 e. The predicted octanol–water partition coefficient (Wildman–Crippen LogP) is 1.22. The Balaban J connectivity index is 2.81. The molecule has 1 aromatic heterocycles. The highest BCUT2D eigenvalue weighted by atomic mass is 32.1. The van der Waals surface area contributed by atoms with E-state index in [0.29, 0.717) is 30.1 Å². The molecule has 0 radical (unpaired) electrons. The summed E-state index contributed by atoms with van der Waals surface area (Å²) in [5.41, 5.74) is 0.651. The molecule has 1 heterocycles. The van der Waals surface area contributed by atoms with Crippen LogP contribution in [0.25, 0.3) is 0 Å². The number of aliphatic hydroxyl groups is 1. The first kappa shape index (κ1) is 14.1. The van der Waals surface area contributed by atoms with Crippen molar-refractivity contribution in [2.45, 2.75) is 26.8 Å². The second kappa shape index (κ2) is 6.68. The number of carboxylic acids is 1. The highest BCUT2D eigenvalue weighted by Crippen LogP contribution is 2.20. The molecule has 0 saturated carbocycles. The summed E-state index contributed by atoms with van der Waals surface area (Å²) in [6, 6.07) is 0. The van der Waals surface area contributed by atoms with Gasteiger partial charge in [0.15, 0.2) is 0 Å². The summed E-state index contributed by atoms with van der Waals surface area (Å²) in [7, 11) is 0. The molecule has 17 heavy (non-hydrogen) atoms. The SMILES string of the molecule is CCc1nc(CN(CC)CCO)sc1C(=O)O. The van der Waals surface area contributed by atoms with E-state index in [-0.39, 0.29) is 6.61 Å². The summed E-state index contributed by atoms with van der Waals surface area (Å²) in [6.45, 7) is 6.00. The molecular formula is C11H18N2O3S. The van der Waals surface area contributed by atoms with Gasteiger partial charge in [0, 0.05) is 6.54 Å². The normalized spacial score (nSPS) is 11.1. The van der Waals surface area contributed by atoms with Crippen molar-refractivity contribution in [2.24, 2.45) is 0 Å². The Kier molecular flexibility index (Phi) is 5.54. The maximum absolute atomic E-state index is 11.0. The van der Waals surface area contributed by atoms with Crippen LogP contribution in [0.4, 0.5) is 0 Å². The number of carbonyl (C=O) groups is 1. The molecule has 0 fully saturated rings. The van der Waals surface area contributed by atoms with Crippen LogP contribution in [0.1, 0.15) is 34.2 Å². The third-order valence-corrected chi connectivity index (χ3v) is 3.56. The first-order valence-electron chi connectivity index (χ1n) is 5.67. The van der Waals surface area contributed by atoms with Gasteiger partial charge in [-0.3, -0.25) is 4.90 Å². The number of nitrogens with zero attached hydrogens (tertiary/aromatic N) is 2. The summed E-state index contributed by atoms with van der Waals surface area (Å²) in [5, 5.41) is 18.7. The minimum absolute atomic E-state index is 0.103. The van der Waals surface area contributed by atoms with Crippen molar-refractivity contribution in [3.05, 3.63) is 15.6 Å². The highest BCUT2D eigenvalue weighted by molar-refractivity contribution is 7.13. The van der Waals surface area contributed by atoms with Gasteiger partial charge in [0.2, 0.25) is 0 Å². The van der Waals surface area contributed by atoms with E-state index in [1.165, 1.54) is 11.3 Å². The van der Waals surface area contributed by atoms with Crippen molar-refractivity contribution in [3.8, 4) is 0 Å². The van der Waals surface area contributed by atoms with Crippen molar-refractivity contribution in [1.82, 2.24) is 9.88 Å². The van der Waals surface area contributed by atoms with E-state index in [2.05, 4.69) is 4.98 Å². The molecule has 6 heteroatoms. The molecule has 1 aromatic rings. The predicted molar refractivity (Wildman–Crippen MR) is 66.5 cm³/mol. The molecule has 0 aliphatic carbocycles. The summed E-state index contributed by atoms with van der Waals surface area (Å²) >= 11 is 1.23. The average molecular weight is 258 g/mol. The third-order valence-electron chi connectivity index (χ3n) is 2.49. The number of aliphatic hydroxyl groups excluding tert-OH is 1. The zero-order valence-electron chi connectivity index (χ0n) is 10.1. The van der Waals surface area contributed by atoms with Gasteiger partial charge in [-0.05, 0) is 13.0 Å². The van der Waals surface area contributed by atoms with E-state index in [1.54, 1.807) is 0 Å². The number of hydrogen-bond acceptors (Lipinski definition) is 5. The van der Waals surface area contributed by atoms with Crippen molar-refractivity contribution < 1.29 is 15.0 Å². The Labute approximate surface area is 105 Å². The van der Waals surface area contributed by atoms with Crippen molar-refractivity contribution >= 4 is 17.3 Å². The molecule has 96 valence electrons. The van der Waals surface area contributed by atoms with Crippen LogP contribution in [0.5, 0.6) is 0 Å². The van der Waals surface area contributed by atoms with Crippen LogP contribution in [-0.4, -0.2) is 45.8 Å². The molecule has 0 unspecified atom stereocenters. The molecule has 5 nitrogen and oxygen atoms in total. The van der Waals surface area contributed by atoms with Crippen molar-refractivity contribution in [3.63, 3.8) is 0 Å². The number of carboxylic acid groups (broad SMARTS) is 1. The topological polar surface area (TPSA) is 73.7 Å². The highest BCUT2D eigenvalue weighted by Gasteiger charge is 2.16. The third kappa shape index (κ3) is 3.76. The van der Waals surface area contributed by atoms with Crippen molar-refractivity contribution in [2.75, 3.05) is 19.7 Å². The zero-order valence-corrected chi connectivity index (χ0v) is 11.0. The number of hydrogen-bond donors (Lipinski definition) is 2. The van der Waals surface area contributed by atoms with Crippen LogP contribution in [0, 0.1) is 0 Å². The first-order valence-corrected chi connectivity index (χ1v) is 6.49. The molecule has 2 N–H and O–H groups in total. The molecule has 0 spiro atoms.